The van der Waals surface area contributed by atoms with E-state index in [-0.39, 0.29) is 25.7 Å². The summed E-state index contributed by atoms with van der Waals surface area (Å²) in [5, 5.41) is 10.6. The third kappa shape index (κ3) is 71.1. The number of unbranched alkanes of at least 4 members (excludes halogenated alkanes) is 50. The summed E-state index contributed by atoms with van der Waals surface area (Å²) >= 11 is 0. The summed E-state index contributed by atoms with van der Waals surface area (Å²) in [5.41, 5.74) is 0. The molecule has 0 aliphatic heterocycles. The van der Waals surface area contributed by atoms with Crippen molar-refractivity contribution < 1.29 is 80.2 Å². The van der Waals surface area contributed by atoms with Gasteiger partial charge in [-0.1, -0.05) is 369 Å². The van der Waals surface area contributed by atoms with Crippen molar-refractivity contribution >= 4 is 39.5 Å². The van der Waals surface area contributed by atoms with Crippen LogP contribution in [0.4, 0.5) is 0 Å². The highest BCUT2D eigenvalue weighted by atomic mass is 31.2. The Morgan fingerprint density at radius 2 is 0.490 bits per heavy atom. The van der Waals surface area contributed by atoms with E-state index >= 15 is 0 Å². The molecule has 0 aromatic rings. The van der Waals surface area contributed by atoms with E-state index in [1.54, 1.807) is 0 Å². The topological polar surface area (TPSA) is 237 Å². The number of aliphatic hydroxyl groups is 1. The zero-order valence-electron chi connectivity index (χ0n) is 63.9. The molecule has 0 rings (SSSR count). The summed E-state index contributed by atoms with van der Waals surface area (Å²) in [6.07, 6.45) is 62.3. The summed E-state index contributed by atoms with van der Waals surface area (Å²) in [6, 6.07) is 0. The van der Waals surface area contributed by atoms with Crippen LogP contribution in [0.2, 0.25) is 0 Å². The van der Waals surface area contributed by atoms with Crippen LogP contribution in [-0.4, -0.2) is 96.7 Å². The molecule has 0 aliphatic carbocycles. The molecule has 0 aliphatic rings. The van der Waals surface area contributed by atoms with Crippen LogP contribution in [0.1, 0.15) is 420 Å². The maximum absolute atomic E-state index is 13.1. The maximum atomic E-state index is 13.1. The molecule has 19 heteroatoms. The molecule has 0 saturated heterocycles. The van der Waals surface area contributed by atoms with Crippen molar-refractivity contribution in [2.45, 2.75) is 438 Å². The Kier molecular flexibility index (Phi) is 70.6. The first-order valence-corrected chi connectivity index (χ1v) is 44.2. The highest BCUT2D eigenvalue weighted by molar-refractivity contribution is 7.47. The molecular weight excluding hydrogens is 1280 g/mol. The van der Waals surface area contributed by atoms with E-state index in [0.29, 0.717) is 25.7 Å². The number of phosphoric ester groups is 2. The summed E-state index contributed by atoms with van der Waals surface area (Å²) < 4.78 is 68.6. The van der Waals surface area contributed by atoms with E-state index in [4.69, 9.17) is 37.0 Å². The summed E-state index contributed by atoms with van der Waals surface area (Å²) in [4.78, 5) is 72.9. The van der Waals surface area contributed by atoms with Crippen LogP contribution >= 0.6 is 15.6 Å². The lowest BCUT2D eigenvalue weighted by Crippen LogP contribution is -2.30. The minimum Gasteiger partial charge on any atom is -0.462 e. The Morgan fingerprint density at radius 1 is 0.286 bits per heavy atom. The number of carbonyl (C=O) groups is 4. The van der Waals surface area contributed by atoms with Gasteiger partial charge < -0.3 is 33.8 Å². The Labute approximate surface area is 600 Å². The molecule has 0 saturated carbocycles. The van der Waals surface area contributed by atoms with E-state index in [1.165, 1.54) is 238 Å². The van der Waals surface area contributed by atoms with Crippen LogP contribution in [0.5, 0.6) is 0 Å². The average Bonchev–Trinajstić information content (AvgIpc) is 1.51. The maximum Gasteiger partial charge on any atom is 0.472 e. The van der Waals surface area contributed by atoms with Gasteiger partial charge >= 0.3 is 39.5 Å². The third-order valence-corrected chi connectivity index (χ3v) is 20.8. The largest absolute Gasteiger partial charge is 0.472 e. The molecule has 0 bridgehead atoms. The fraction of sp³-hybridized carbons (Fsp3) is 0.949. The Bertz CT molecular complexity index is 1880. The second kappa shape index (κ2) is 72.0. The van der Waals surface area contributed by atoms with Crippen LogP contribution in [0, 0.1) is 5.92 Å². The molecule has 0 radical (unpaired) electrons. The number of aliphatic hydroxyl groups excluding tert-OH is 1. The van der Waals surface area contributed by atoms with E-state index in [1.807, 2.05) is 0 Å². The lowest BCUT2D eigenvalue weighted by molar-refractivity contribution is -0.161. The van der Waals surface area contributed by atoms with Crippen LogP contribution in [-0.2, 0) is 65.4 Å². The van der Waals surface area contributed by atoms with E-state index < -0.39 is 97.5 Å². The monoisotopic (exact) mass is 1440 g/mol. The lowest BCUT2D eigenvalue weighted by atomic mass is 9.99. The zero-order valence-corrected chi connectivity index (χ0v) is 65.7. The number of hydrogen-bond donors (Lipinski definition) is 3. The smallest absolute Gasteiger partial charge is 0.462 e. The van der Waals surface area contributed by atoms with Gasteiger partial charge in [-0.2, -0.15) is 0 Å². The normalized spacial score (nSPS) is 14.2. The van der Waals surface area contributed by atoms with Crippen molar-refractivity contribution in [1.82, 2.24) is 0 Å². The van der Waals surface area contributed by atoms with Crippen molar-refractivity contribution in [3.05, 3.63) is 0 Å². The van der Waals surface area contributed by atoms with Crippen LogP contribution in [0.25, 0.3) is 0 Å². The molecule has 3 N–H and O–H groups in total. The SMILES string of the molecule is CCCCCCCCCCCCCCCCCCC(=O)OC[C@H](COP(=O)(O)OC[C@@H](O)COP(=O)(O)OC[C@@H](COC(=O)CCCCCCCCCC)OC(=O)CCCCCCCCCCCCCCCCCC)OC(=O)CCCCCCCCCCCCCCCCC(C)CC. The number of phosphoric acid groups is 2. The van der Waals surface area contributed by atoms with Crippen molar-refractivity contribution in [2.75, 3.05) is 39.6 Å². The number of hydrogen-bond acceptors (Lipinski definition) is 15. The Balaban J connectivity index is 5.21. The zero-order chi connectivity index (χ0) is 71.9. The van der Waals surface area contributed by atoms with Gasteiger partial charge in [-0.05, 0) is 31.6 Å². The van der Waals surface area contributed by atoms with E-state index in [0.717, 1.165) is 102 Å². The minimum atomic E-state index is -4.96. The molecule has 0 fully saturated rings. The van der Waals surface area contributed by atoms with Gasteiger partial charge in [-0.15, -0.1) is 0 Å². The molecule has 0 spiro atoms. The Hall–Kier alpha value is -1.94. The fourth-order valence-corrected chi connectivity index (χ4v) is 13.8. The molecule has 0 aromatic heterocycles. The van der Waals surface area contributed by atoms with Crippen LogP contribution in [0.15, 0.2) is 0 Å². The molecule has 0 heterocycles. The molecule has 0 aromatic carbocycles. The van der Waals surface area contributed by atoms with Crippen molar-refractivity contribution in [1.29, 1.82) is 0 Å². The second-order valence-electron chi connectivity index (χ2n) is 28.7. The second-order valence-corrected chi connectivity index (χ2v) is 31.6. The number of ether oxygens (including phenoxy) is 4. The molecule has 582 valence electrons. The third-order valence-electron chi connectivity index (χ3n) is 18.9. The standard InChI is InChI=1S/C79H154O17P2/c1-6-10-13-16-19-22-24-26-28-30-35-39-43-48-53-58-63-77(82)90-69-75(96-79(84)65-60-55-50-45-41-37-33-32-34-38-42-46-51-56-61-72(5)9-4)71-94-98(87,88)92-67-73(80)66-91-97(85,86)93-70-74(68-89-76(81)62-57-52-47-21-18-15-12-8-3)95-78(83)64-59-54-49-44-40-36-31-29-27-25-23-20-17-14-11-7-2/h72-75,80H,6-71H2,1-5H3,(H,85,86)(H,87,88)/t72?,73-,74+,75+/m0/s1. The highest BCUT2D eigenvalue weighted by Gasteiger charge is 2.30. The van der Waals surface area contributed by atoms with Crippen LogP contribution < -0.4 is 0 Å². The summed E-state index contributed by atoms with van der Waals surface area (Å²) in [5.74, 6) is -1.26. The Morgan fingerprint density at radius 3 is 0.724 bits per heavy atom. The van der Waals surface area contributed by atoms with E-state index in [2.05, 4.69) is 34.6 Å². The lowest BCUT2D eigenvalue weighted by Gasteiger charge is -2.21. The van der Waals surface area contributed by atoms with Gasteiger partial charge in [-0.3, -0.25) is 37.3 Å². The summed E-state index contributed by atoms with van der Waals surface area (Å²) in [6.45, 7) is 7.35. The van der Waals surface area contributed by atoms with Crippen molar-refractivity contribution in [2.24, 2.45) is 5.92 Å². The predicted molar refractivity (Wildman–Crippen MR) is 400 cm³/mol. The number of carbonyl (C=O) groups excluding carboxylic acids is 4. The molecule has 0 amide bonds. The molecular formula is C79H154O17P2. The van der Waals surface area contributed by atoms with Crippen molar-refractivity contribution in [3.63, 3.8) is 0 Å². The van der Waals surface area contributed by atoms with Gasteiger partial charge in [0.2, 0.25) is 0 Å². The fourth-order valence-electron chi connectivity index (χ4n) is 12.2. The van der Waals surface area contributed by atoms with E-state index in [9.17, 15) is 43.2 Å². The first kappa shape index (κ1) is 96.1. The van der Waals surface area contributed by atoms with Gasteiger partial charge in [0.1, 0.15) is 19.3 Å². The quantitative estimate of drug-likeness (QED) is 0.0222. The predicted octanol–water partition coefficient (Wildman–Crippen LogP) is 23.6. The number of rotatable bonds is 79. The van der Waals surface area contributed by atoms with Crippen molar-refractivity contribution in [3.8, 4) is 0 Å². The first-order chi connectivity index (χ1) is 47.6. The van der Waals surface area contributed by atoms with Gasteiger partial charge in [0.15, 0.2) is 12.2 Å². The van der Waals surface area contributed by atoms with Gasteiger partial charge in [0.25, 0.3) is 0 Å². The summed E-state index contributed by atoms with van der Waals surface area (Å²) in [7, 11) is -9.91. The van der Waals surface area contributed by atoms with Gasteiger partial charge in [0, 0.05) is 25.7 Å². The average molecular weight is 1440 g/mol. The number of esters is 4. The first-order valence-electron chi connectivity index (χ1n) is 41.2. The molecule has 6 atom stereocenters. The minimum absolute atomic E-state index is 0.108. The molecule has 17 nitrogen and oxygen atoms in total. The molecule has 98 heavy (non-hydrogen) atoms. The van der Waals surface area contributed by atoms with Crippen LogP contribution in [0.3, 0.4) is 0 Å². The van der Waals surface area contributed by atoms with Gasteiger partial charge in [-0.25, -0.2) is 9.13 Å². The highest BCUT2D eigenvalue weighted by Crippen LogP contribution is 2.45. The molecule has 3 unspecified atom stereocenters. The van der Waals surface area contributed by atoms with Gasteiger partial charge in [0.05, 0.1) is 26.4 Å².